The molecule has 5 nitrogen and oxygen atoms in total. The van der Waals surface area contributed by atoms with Gasteiger partial charge in [-0.3, -0.25) is 9.89 Å². The molecule has 1 aliphatic rings. The molecule has 76 valence electrons. The number of H-pyrrole nitrogens is 1. The van der Waals surface area contributed by atoms with Crippen LogP contribution in [0, 0.1) is 0 Å². The van der Waals surface area contributed by atoms with Crippen molar-refractivity contribution in [2.45, 2.75) is 19.3 Å². The summed E-state index contributed by atoms with van der Waals surface area (Å²) in [6.07, 6.45) is 5.97. The van der Waals surface area contributed by atoms with Crippen LogP contribution in [-0.4, -0.2) is 19.7 Å². The molecule has 2 aromatic rings. The van der Waals surface area contributed by atoms with Crippen molar-refractivity contribution in [1.29, 1.82) is 0 Å². The number of aromatic nitrogens is 4. The van der Waals surface area contributed by atoms with Gasteiger partial charge in [-0.15, -0.1) is 0 Å². The van der Waals surface area contributed by atoms with Gasteiger partial charge in [-0.2, -0.15) is 0 Å². The Hall–Kier alpha value is -1.91. The quantitative estimate of drug-likeness (QED) is 0.730. The maximum absolute atomic E-state index is 11.9. The number of fused-ring (bicyclic) bond motifs is 1. The van der Waals surface area contributed by atoms with Gasteiger partial charge >= 0.3 is 0 Å². The number of nitrogens with zero attached hydrogens (tertiary/aromatic N) is 3. The molecule has 0 unspecified atom stereocenters. The molecule has 0 saturated heterocycles. The fourth-order valence-corrected chi connectivity index (χ4v) is 2.00. The average Bonchev–Trinajstić information content (AvgIpc) is 2.83. The van der Waals surface area contributed by atoms with Crippen LogP contribution in [0.5, 0.6) is 0 Å². The standard InChI is InChI=1S/C10H10N4O/c15-10-7-2-1-3-8(7)13-14(10)9-4-5-11-6-12-9/h4-6,13H,1-3H2. The summed E-state index contributed by atoms with van der Waals surface area (Å²) < 4.78 is 1.49. The molecule has 0 fully saturated rings. The van der Waals surface area contributed by atoms with E-state index in [2.05, 4.69) is 15.1 Å². The van der Waals surface area contributed by atoms with Crippen LogP contribution in [0.2, 0.25) is 0 Å². The van der Waals surface area contributed by atoms with Crippen LogP contribution in [0.25, 0.3) is 5.82 Å². The van der Waals surface area contributed by atoms with Gasteiger partial charge in [-0.05, 0) is 19.3 Å². The lowest BCUT2D eigenvalue weighted by atomic mass is 10.3. The SMILES string of the molecule is O=c1c2c([nH]n1-c1ccncn1)CCC2. The zero-order valence-corrected chi connectivity index (χ0v) is 8.10. The van der Waals surface area contributed by atoms with Crippen LogP contribution in [0.3, 0.4) is 0 Å². The second-order valence-corrected chi connectivity index (χ2v) is 3.63. The highest BCUT2D eigenvalue weighted by Gasteiger charge is 2.19. The van der Waals surface area contributed by atoms with E-state index in [-0.39, 0.29) is 5.56 Å². The Balaban J connectivity index is 2.19. The molecule has 0 spiro atoms. The zero-order chi connectivity index (χ0) is 10.3. The maximum Gasteiger partial charge on any atom is 0.276 e. The highest BCUT2D eigenvalue weighted by molar-refractivity contribution is 5.28. The summed E-state index contributed by atoms with van der Waals surface area (Å²) in [5.41, 5.74) is 1.99. The van der Waals surface area contributed by atoms with E-state index in [0.29, 0.717) is 5.82 Å². The normalized spacial score (nSPS) is 14.1. The van der Waals surface area contributed by atoms with E-state index in [9.17, 15) is 4.79 Å². The number of hydrogen-bond donors (Lipinski definition) is 1. The fraction of sp³-hybridized carbons (Fsp3) is 0.300. The van der Waals surface area contributed by atoms with Crippen LogP contribution < -0.4 is 5.56 Å². The molecule has 2 aromatic heterocycles. The summed E-state index contributed by atoms with van der Waals surface area (Å²) in [7, 11) is 0. The molecule has 0 saturated carbocycles. The highest BCUT2D eigenvalue weighted by Crippen LogP contribution is 2.16. The maximum atomic E-state index is 11.9. The molecule has 0 aromatic carbocycles. The summed E-state index contributed by atoms with van der Waals surface area (Å²) in [6.45, 7) is 0. The minimum absolute atomic E-state index is 0.0289. The predicted molar refractivity (Wildman–Crippen MR) is 54.0 cm³/mol. The van der Waals surface area contributed by atoms with Crippen LogP contribution in [0.4, 0.5) is 0 Å². The first-order chi connectivity index (χ1) is 7.36. The van der Waals surface area contributed by atoms with Crippen LogP contribution in [0.1, 0.15) is 17.7 Å². The first-order valence-corrected chi connectivity index (χ1v) is 4.95. The fourth-order valence-electron chi connectivity index (χ4n) is 2.00. The molecule has 15 heavy (non-hydrogen) atoms. The van der Waals surface area contributed by atoms with Gasteiger partial charge < -0.3 is 0 Å². The second-order valence-electron chi connectivity index (χ2n) is 3.63. The number of nitrogens with one attached hydrogen (secondary N) is 1. The first-order valence-electron chi connectivity index (χ1n) is 4.95. The zero-order valence-electron chi connectivity index (χ0n) is 8.10. The van der Waals surface area contributed by atoms with Gasteiger partial charge in [0.2, 0.25) is 0 Å². The van der Waals surface area contributed by atoms with E-state index < -0.39 is 0 Å². The Kier molecular flexibility index (Phi) is 1.71. The molecule has 0 atom stereocenters. The van der Waals surface area contributed by atoms with Crippen molar-refractivity contribution in [2.24, 2.45) is 0 Å². The molecule has 1 N–H and O–H groups in total. The Morgan fingerprint density at radius 2 is 2.33 bits per heavy atom. The monoisotopic (exact) mass is 202 g/mol. The van der Waals surface area contributed by atoms with Gasteiger partial charge in [0.15, 0.2) is 5.82 Å². The lowest BCUT2D eigenvalue weighted by Crippen LogP contribution is -2.18. The van der Waals surface area contributed by atoms with Gasteiger partial charge in [-0.25, -0.2) is 14.6 Å². The minimum atomic E-state index is 0.0289. The van der Waals surface area contributed by atoms with E-state index in [0.717, 1.165) is 30.5 Å². The van der Waals surface area contributed by atoms with Crippen molar-refractivity contribution in [3.05, 3.63) is 40.2 Å². The largest absolute Gasteiger partial charge is 0.293 e. The third-order valence-electron chi connectivity index (χ3n) is 2.72. The Morgan fingerprint density at radius 1 is 1.40 bits per heavy atom. The number of aromatic amines is 1. The van der Waals surface area contributed by atoms with Gasteiger partial charge in [-0.1, -0.05) is 0 Å². The van der Waals surface area contributed by atoms with E-state index in [1.165, 1.54) is 11.0 Å². The first kappa shape index (κ1) is 8.40. The van der Waals surface area contributed by atoms with Crippen LogP contribution in [-0.2, 0) is 12.8 Å². The van der Waals surface area contributed by atoms with Crippen molar-refractivity contribution in [3.63, 3.8) is 0 Å². The van der Waals surface area contributed by atoms with Crippen molar-refractivity contribution in [1.82, 2.24) is 19.7 Å². The molecule has 0 amide bonds. The topological polar surface area (TPSA) is 63.6 Å². The summed E-state index contributed by atoms with van der Waals surface area (Å²) in [4.78, 5) is 19.8. The molecule has 0 bridgehead atoms. The molecular formula is C10H10N4O. The van der Waals surface area contributed by atoms with Gasteiger partial charge in [0.25, 0.3) is 5.56 Å². The molecule has 1 aliphatic carbocycles. The molecule has 2 heterocycles. The van der Waals surface area contributed by atoms with Crippen molar-refractivity contribution < 1.29 is 0 Å². The smallest absolute Gasteiger partial charge is 0.276 e. The second kappa shape index (κ2) is 3.05. The number of hydrogen-bond acceptors (Lipinski definition) is 3. The number of aryl methyl sites for hydroxylation is 1. The van der Waals surface area contributed by atoms with Crippen LogP contribution in [0.15, 0.2) is 23.4 Å². The summed E-state index contributed by atoms with van der Waals surface area (Å²) in [5.74, 6) is 0.601. The van der Waals surface area contributed by atoms with Crippen molar-refractivity contribution >= 4 is 0 Å². The van der Waals surface area contributed by atoms with Crippen molar-refractivity contribution in [3.8, 4) is 5.82 Å². The summed E-state index contributed by atoms with van der Waals surface area (Å²) in [6, 6.07) is 1.72. The van der Waals surface area contributed by atoms with Gasteiger partial charge in [0.05, 0.1) is 0 Å². The molecule has 5 heteroatoms. The Bertz CT molecular complexity index is 540. The van der Waals surface area contributed by atoms with Gasteiger partial charge in [0.1, 0.15) is 6.33 Å². The lowest BCUT2D eigenvalue weighted by Gasteiger charge is -1.99. The van der Waals surface area contributed by atoms with E-state index in [1.807, 2.05) is 0 Å². The molecule has 0 radical (unpaired) electrons. The Morgan fingerprint density at radius 3 is 3.07 bits per heavy atom. The third-order valence-corrected chi connectivity index (χ3v) is 2.72. The Labute approximate surface area is 85.8 Å². The van der Waals surface area contributed by atoms with Crippen molar-refractivity contribution in [2.75, 3.05) is 0 Å². The molecule has 0 aliphatic heterocycles. The van der Waals surface area contributed by atoms with E-state index in [4.69, 9.17) is 0 Å². The average molecular weight is 202 g/mol. The van der Waals surface area contributed by atoms with E-state index >= 15 is 0 Å². The summed E-state index contributed by atoms with van der Waals surface area (Å²) in [5, 5.41) is 3.09. The summed E-state index contributed by atoms with van der Waals surface area (Å²) >= 11 is 0. The predicted octanol–water partition coefficient (Wildman–Crippen LogP) is 0.444. The number of rotatable bonds is 1. The highest BCUT2D eigenvalue weighted by atomic mass is 16.1. The molecule has 3 rings (SSSR count). The van der Waals surface area contributed by atoms with E-state index in [1.54, 1.807) is 12.3 Å². The van der Waals surface area contributed by atoms with Gasteiger partial charge in [0, 0.05) is 23.5 Å². The minimum Gasteiger partial charge on any atom is -0.293 e. The van der Waals surface area contributed by atoms with Crippen LogP contribution >= 0.6 is 0 Å². The third kappa shape index (κ3) is 1.20. The lowest BCUT2D eigenvalue weighted by molar-refractivity contribution is 0.760. The molecular weight excluding hydrogens is 192 g/mol.